The Bertz CT molecular complexity index is 941. The highest BCUT2D eigenvalue weighted by atomic mass is 19.4. The first kappa shape index (κ1) is 15.0. The highest BCUT2D eigenvalue weighted by Crippen LogP contribution is 2.37. The highest BCUT2D eigenvalue weighted by molar-refractivity contribution is 5.80. The zero-order valence-electron chi connectivity index (χ0n) is 11.3. The summed E-state index contributed by atoms with van der Waals surface area (Å²) < 4.78 is 51.8. The van der Waals surface area contributed by atoms with Gasteiger partial charge in [-0.05, 0) is 24.3 Å². The molecule has 0 aliphatic rings. The molecule has 0 aliphatic heterocycles. The Morgan fingerprint density at radius 2 is 1.83 bits per heavy atom. The zero-order chi connectivity index (χ0) is 16.8. The largest absolute Gasteiger partial charge is 0.507 e. The number of aromatic amines is 1. The lowest BCUT2D eigenvalue weighted by atomic mass is 10.1. The predicted octanol–water partition coefficient (Wildman–Crippen LogP) is 3.45. The molecule has 23 heavy (non-hydrogen) atoms. The number of aromatic nitrogens is 2. The van der Waals surface area contributed by atoms with Gasteiger partial charge in [-0.15, -0.1) is 0 Å². The molecule has 3 rings (SSSR count). The van der Waals surface area contributed by atoms with Gasteiger partial charge in [-0.2, -0.15) is 13.2 Å². The fourth-order valence-corrected chi connectivity index (χ4v) is 2.20. The minimum absolute atomic E-state index is 0.227. The molecular weight excluding hydrogens is 316 g/mol. The number of nitrogens with zero attached hydrogens (tertiary/aromatic N) is 1. The van der Waals surface area contributed by atoms with Crippen LogP contribution in [0.2, 0.25) is 0 Å². The topological polar surface area (TPSA) is 66.0 Å². The molecule has 118 valence electrons. The number of phenolic OH excluding ortho intramolecular Hbond substituents is 1. The Kier molecular flexibility index (Phi) is 3.32. The van der Waals surface area contributed by atoms with Crippen molar-refractivity contribution in [3.63, 3.8) is 0 Å². The van der Waals surface area contributed by atoms with Crippen molar-refractivity contribution in [2.75, 3.05) is 0 Å². The maximum atomic E-state index is 14.0. The van der Waals surface area contributed by atoms with Crippen LogP contribution in [0.5, 0.6) is 5.75 Å². The maximum absolute atomic E-state index is 14.0. The lowest BCUT2D eigenvalue weighted by molar-refractivity contribution is -0.137. The average molecular weight is 324 g/mol. The first-order chi connectivity index (χ1) is 10.8. The predicted molar refractivity (Wildman–Crippen MR) is 74.4 cm³/mol. The van der Waals surface area contributed by atoms with Crippen molar-refractivity contribution >= 4 is 10.9 Å². The van der Waals surface area contributed by atoms with Crippen LogP contribution in [0, 0.1) is 5.82 Å². The van der Waals surface area contributed by atoms with Gasteiger partial charge in [0, 0.05) is 0 Å². The number of hydrogen-bond acceptors (Lipinski definition) is 3. The quantitative estimate of drug-likeness (QED) is 0.674. The first-order valence-electron chi connectivity index (χ1n) is 6.36. The SMILES string of the molecule is O=c1[nH]c(-c2c(O)cc(C(F)(F)F)cc2F)nc2ccccc12. The third kappa shape index (κ3) is 2.63. The molecule has 8 heteroatoms. The Labute approximate surface area is 126 Å². The number of rotatable bonds is 1. The van der Waals surface area contributed by atoms with Gasteiger partial charge < -0.3 is 10.1 Å². The number of hydrogen-bond donors (Lipinski definition) is 2. The minimum Gasteiger partial charge on any atom is -0.507 e. The maximum Gasteiger partial charge on any atom is 0.416 e. The lowest BCUT2D eigenvalue weighted by Gasteiger charge is -2.11. The smallest absolute Gasteiger partial charge is 0.416 e. The van der Waals surface area contributed by atoms with Crippen molar-refractivity contribution in [1.82, 2.24) is 9.97 Å². The van der Waals surface area contributed by atoms with Gasteiger partial charge in [0.15, 0.2) is 0 Å². The van der Waals surface area contributed by atoms with E-state index in [0.717, 1.165) is 0 Å². The van der Waals surface area contributed by atoms with Gasteiger partial charge >= 0.3 is 6.18 Å². The van der Waals surface area contributed by atoms with E-state index in [0.29, 0.717) is 6.07 Å². The molecule has 1 heterocycles. The molecule has 0 radical (unpaired) electrons. The van der Waals surface area contributed by atoms with Crippen LogP contribution in [0.3, 0.4) is 0 Å². The molecule has 2 aromatic carbocycles. The number of phenols is 1. The Hall–Kier alpha value is -2.90. The number of aromatic hydroxyl groups is 1. The molecule has 0 amide bonds. The Morgan fingerprint density at radius 3 is 2.48 bits per heavy atom. The van der Waals surface area contributed by atoms with E-state index in [1.807, 2.05) is 0 Å². The Balaban J connectivity index is 2.25. The summed E-state index contributed by atoms with van der Waals surface area (Å²) in [6.07, 6.45) is -4.80. The number of alkyl halides is 3. The molecule has 0 atom stereocenters. The van der Waals surface area contributed by atoms with E-state index < -0.39 is 34.4 Å². The second kappa shape index (κ2) is 5.08. The van der Waals surface area contributed by atoms with E-state index >= 15 is 0 Å². The van der Waals surface area contributed by atoms with Crippen LogP contribution in [-0.4, -0.2) is 15.1 Å². The molecule has 4 nitrogen and oxygen atoms in total. The highest BCUT2D eigenvalue weighted by Gasteiger charge is 2.33. The van der Waals surface area contributed by atoms with Gasteiger partial charge in [0.25, 0.3) is 5.56 Å². The van der Waals surface area contributed by atoms with E-state index in [9.17, 15) is 27.5 Å². The van der Waals surface area contributed by atoms with E-state index in [4.69, 9.17) is 0 Å². The molecule has 0 unspecified atom stereocenters. The van der Waals surface area contributed by atoms with Crippen molar-refractivity contribution in [2.45, 2.75) is 6.18 Å². The van der Waals surface area contributed by atoms with Crippen LogP contribution in [0.25, 0.3) is 22.3 Å². The monoisotopic (exact) mass is 324 g/mol. The van der Waals surface area contributed by atoms with Gasteiger partial charge in [0.1, 0.15) is 17.4 Å². The summed E-state index contributed by atoms with van der Waals surface area (Å²) in [6.45, 7) is 0. The number of benzene rings is 2. The van der Waals surface area contributed by atoms with Crippen LogP contribution in [0.4, 0.5) is 17.6 Å². The standard InChI is InChI=1S/C15H8F4N2O2/c16-9-5-7(15(17,18)19)6-11(22)12(9)13-20-10-4-2-1-3-8(10)14(23)21-13/h1-6,22H,(H,20,21,23). The Morgan fingerprint density at radius 1 is 1.13 bits per heavy atom. The van der Waals surface area contributed by atoms with Gasteiger partial charge in [0.2, 0.25) is 0 Å². The van der Waals surface area contributed by atoms with E-state index in [-0.39, 0.29) is 22.8 Å². The molecule has 0 fully saturated rings. The molecule has 1 aromatic heterocycles. The lowest BCUT2D eigenvalue weighted by Crippen LogP contribution is -2.11. The van der Waals surface area contributed by atoms with Crippen molar-refractivity contribution in [3.8, 4) is 17.1 Å². The summed E-state index contributed by atoms with van der Waals surface area (Å²) in [4.78, 5) is 18.2. The fourth-order valence-electron chi connectivity index (χ4n) is 2.20. The third-order valence-corrected chi connectivity index (χ3v) is 3.25. The van der Waals surface area contributed by atoms with Crippen molar-refractivity contribution in [1.29, 1.82) is 0 Å². The van der Waals surface area contributed by atoms with Gasteiger partial charge in [-0.3, -0.25) is 4.79 Å². The summed E-state index contributed by atoms with van der Waals surface area (Å²) in [5, 5.41) is 9.99. The van der Waals surface area contributed by atoms with Gasteiger partial charge in [-0.25, -0.2) is 9.37 Å². The number of nitrogens with one attached hydrogen (secondary N) is 1. The van der Waals surface area contributed by atoms with Crippen molar-refractivity contribution < 1.29 is 22.7 Å². The van der Waals surface area contributed by atoms with E-state index in [2.05, 4.69) is 9.97 Å². The zero-order valence-corrected chi connectivity index (χ0v) is 11.3. The summed E-state index contributed by atoms with van der Waals surface area (Å²) in [5.74, 6) is -2.65. The van der Waals surface area contributed by atoms with Crippen molar-refractivity contribution in [3.05, 3.63) is 58.1 Å². The number of H-pyrrole nitrogens is 1. The minimum atomic E-state index is -4.80. The molecular formula is C15H8F4N2O2. The van der Waals surface area contributed by atoms with Crippen LogP contribution >= 0.6 is 0 Å². The average Bonchev–Trinajstić information content (AvgIpc) is 2.45. The summed E-state index contributed by atoms with van der Waals surface area (Å²) in [7, 11) is 0. The molecule has 2 N–H and O–H groups in total. The van der Waals surface area contributed by atoms with E-state index in [1.54, 1.807) is 12.1 Å². The number of fused-ring (bicyclic) bond motifs is 1. The molecule has 0 saturated carbocycles. The normalized spacial score (nSPS) is 11.8. The van der Waals surface area contributed by atoms with Crippen LogP contribution in [0.1, 0.15) is 5.56 Å². The summed E-state index contributed by atoms with van der Waals surface area (Å²) >= 11 is 0. The van der Waals surface area contributed by atoms with Gasteiger partial charge in [0.05, 0.1) is 22.0 Å². The van der Waals surface area contributed by atoms with E-state index in [1.165, 1.54) is 12.1 Å². The van der Waals surface area contributed by atoms with Crippen molar-refractivity contribution in [2.24, 2.45) is 0 Å². The fraction of sp³-hybridized carbons (Fsp3) is 0.0667. The van der Waals surface area contributed by atoms with Gasteiger partial charge in [-0.1, -0.05) is 12.1 Å². The molecule has 0 saturated heterocycles. The van der Waals surface area contributed by atoms with Crippen LogP contribution < -0.4 is 5.56 Å². The molecule has 0 bridgehead atoms. The second-order valence-corrected chi connectivity index (χ2v) is 4.78. The summed E-state index contributed by atoms with van der Waals surface area (Å²) in [6, 6.07) is 6.81. The second-order valence-electron chi connectivity index (χ2n) is 4.78. The first-order valence-corrected chi connectivity index (χ1v) is 6.36. The molecule has 0 spiro atoms. The van der Waals surface area contributed by atoms with Crippen LogP contribution in [-0.2, 0) is 6.18 Å². The van der Waals surface area contributed by atoms with Crippen LogP contribution in [0.15, 0.2) is 41.2 Å². The molecule has 0 aliphatic carbocycles. The third-order valence-electron chi connectivity index (χ3n) is 3.25. The number of halogens is 4. The summed E-state index contributed by atoms with van der Waals surface area (Å²) in [5.41, 5.74) is -2.30. The number of para-hydroxylation sites is 1. The molecule has 3 aromatic rings.